The van der Waals surface area contributed by atoms with Crippen LogP contribution in [0, 0.1) is 26.2 Å². The lowest BCUT2D eigenvalue weighted by Crippen LogP contribution is -2.53. The van der Waals surface area contributed by atoms with Crippen LogP contribution in [-0.4, -0.2) is 17.4 Å². The van der Waals surface area contributed by atoms with Gasteiger partial charge >= 0.3 is 0 Å². The van der Waals surface area contributed by atoms with Crippen molar-refractivity contribution in [3.63, 3.8) is 0 Å². The maximum absolute atomic E-state index is 12.2. The van der Waals surface area contributed by atoms with Crippen molar-refractivity contribution in [2.45, 2.75) is 67.0 Å². The number of ketones is 1. The SMILES string of the molecule is CC(C)C(NC(C)(C)C)C(=O)C(C)(C)C.[CH3-].[CH3-]. The first-order valence-corrected chi connectivity index (χ1v) is 5.77. The second kappa shape index (κ2) is 7.15. The van der Waals surface area contributed by atoms with Crippen LogP contribution in [0.4, 0.5) is 0 Å². The summed E-state index contributed by atoms with van der Waals surface area (Å²) in [7, 11) is 0. The average molecular weight is 243 g/mol. The molecule has 0 amide bonds. The highest BCUT2D eigenvalue weighted by atomic mass is 16.1. The molecule has 0 saturated heterocycles. The molecule has 0 saturated carbocycles. The molecular formula is C15H33NO-2. The van der Waals surface area contributed by atoms with Crippen molar-refractivity contribution in [2.75, 3.05) is 0 Å². The fourth-order valence-corrected chi connectivity index (χ4v) is 1.47. The van der Waals surface area contributed by atoms with E-state index >= 15 is 0 Å². The van der Waals surface area contributed by atoms with Crippen LogP contribution in [0.1, 0.15) is 55.4 Å². The lowest BCUT2D eigenvalue weighted by molar-refractivity contribution is -0.130. The summed E-state index contributed by atoms with van der Waals surface area (Å²) in [6, 6.07) is -0.0509. The van der Waals surface area contributed by atoms with Gasteiger partial charge in [0.1, 0.15) is 0 Å². The van der Waals surface area contributed by atoms with Gasteiger partial charge in [-0.05, 0) is 26.7 Å². The van der Waals surface area contributed by atoms with E-state index < -0.39 is 0 Å². The number of hydrogen-bond acceptors (Lipinski definition) is 2. The maximum atomic E-state index is 12.2. The van der Waals surface area contributed by atoms with Crippen LogP contribution in [-0.2, 0) is 4.79 Å². The smallest absolute Gasteiger partial charge is 0.155 e. The van der Waals surface area contributed by atoms with Crippen molar-refractivity contribution < 1.29 is 4.79 Å². The minimum Gasteiger partial charge on any atom is -0.358 e. The maximum Gasteiger partial charge on any atom is 0.155 e. The number of carbonyl (C=O) groups is 1. The van der Waals surface area contributed by atoms with Crippen molar-refractivity contribution in [3.05, 3.63) is 14.9 Å². The van der Waals surface area contributed by atoms with E-state index in [4.69, 9.17) is 0 Å². The van der Waals surface area contributed by atoms with Gasteiger partial charge in [0.25, 0.3) is 0 Å². The van der Waals surface area contributed by atoms with Gasteiger partial charge in [0.05, 0.1) is 6.04 Å². The third-order valence-corrected chi connectivity index (χ3v) is 2.28. The van der Waals surface area contributed by atoms with E-state index in [2.05, 4.69) is 39.9 Å². The summed E-state index contributed by atoms with van der Waals surface area (Å²) >= 11 is 0. The lowest BCUT2D eigenvalue weighted by atomic mass is 9.81. The summed E-state index contributed by atoms with van der Waals surface area (Å²) in [6.07, 6.45) is 0. The first-order chi connectivity index (χ1) is 6.45. The molecule has 0 rings (SSSR count). The van der Waals surface area contributed by atoms with E-state index in [1.54, 1.807) is 0 Å². The second-order valence-electron chi connectivity index (χ2n) is 6.73. The van der Waals surface area contributed by atoms with Gasteiger partial charge in [-0.25, -0.2) is 0 Å². The molecule has 17 heavy (non-hydrogen) atoms. The first kappa shape index (κ1) is 21.9. The van der Waals surface area contributed by atoms with Gasteiger partial charge in [0.15, 0.2) is 5.78 Å². The molecule has 0 aromatic heterocycles. The molecule has 0 heterocycles. The van der Waals surface area contributed by atoms with E-state index in [0.29, 0.717) is 11.7 Å². The minimum atomic E-state index is -0.271. The van der Waals surface area contributed by atoms with Crippen molar-refractivity contribution in [3.8, 4) is 0 Å². The number of rotatable bonds is 3. The Bertz CT molecular complexity index is 218. The number of nitrogens with one attached hydrogen (secondary N) is 1. The molecule has 0 aliphatic carbocycles. The van der Waals surface area contributed by atoms with Crippen LogP contribution in [0.25, 0.3) is 0 Å². The molecule has 1 atom stereocenters. The van der Waals surface area contributed by atoms with Crippen molar-refractivity contribution in [2.24, 2.45) is 11.3 Å². The summed E-state index contributed by atoms with van der Waals surface area (Å²) in [5, 5.41) is 3.41. The fraction of sp³-hybridized carbons (Fsp3) is 0.800. The van der Waals surface area contributed by atoms with Gasteiger partial charge in [-0.3, -0.25) is 4.79 Å². The van der Waals surface area contributed by atoms with Gasteiger partial charge in [0, 0.05) is 11.0 Å². The average Bonchev–Trinajstić information content (AvgIpc) is 1.94. The predicted octanol–water partition coefficient (Wildman–Crippen LogP) is 3.91. The highest BCUT2D eigenvalue weighted by molar-refractivity contribution is 5.89. The van der Waals surface area contributed by atoms with Gasteiger partial charge < -0.3 is 20.2 Å². The predicted molar refractivity (Wildman–Crippen MR) is 78.8 cm³/mol. The molecule has 0 aliphatic heterocycles. The summed E-state index contributed by atoms with van der Waals surface area (Å²) in [4.78, 5) is 12.2. The summed E-state index contributed by atoms with van der Waals surface area (Å²) < 4.78 is 0. The normalized spacial score (nSPS) is 13.7. The van der Waals surface area contributed by atoms with Crippen LogP contribution in [0.3, 0.4) is 0 Å². The van der Waals surface area contributed by atoms with Crippen molar-refractivity contribution in [1.82, 2.24) is 5.32 Å². The molecule has 2 heteroatoms. The molecule has 1 unspecified atom stereocenters. The Hall–Kier alpha value is -0.370. The van der Waals surface area contributed by atoms with Crippen LogP contribution >= 0.6 is 0 Å². The Kier molecular flexibility index (Phi) is 9.20. The Balaban J connectivity index is -0.000000980. The van der Waals surface area contributed by atoms with Crippen LogP contribution < -0.4 is 5.32 Å². The van der Waals surface area contributed by atoms with Crippen LogP contribution in [0.2, 0.25) is 0 Å². The Morgan fingerprint density at radius 3 is 1.47 bits per heavy atom. The molecule has 0 fully saturated rings. The molecule has 2 nitrogen and oxygen atoms in total. The zero-order valence-corrected chi connectivity index (χ0v) is 13.6. The van der Waals surface area contributed by atoms with Gasteiger partial charge in [-0.1, -0.05) is 34.6 Å². The quantitative estimate of drug-likeness (QED) is 0.761. The Labute approximate surface area is 110 Å². The summed E-state index contributed by atoms with van der Waals surface area (Å²) in [5.74, 6) is 0.628. The molecule has 0 bridgehead atoms. The minimum absolute atomic E-state index is 0. The molecule has 0 aromatic carbocycles. The van der Waals surface area contributed by atoms with Gasteiger partial charge in [0.2, 0.25) is 0 Å². The van der Waals surface area contributed by atoms with Crippen molar-refractivity contribution in [1.29, 1.82) is 0 Å². The number of carbonyl (C=O) groups excluding carboxylic acids is 1. The standard InChI is InChI=1S/C13H27NO.2CH3/c1-9(2)10(14-13(6,7)8)11(15)12(3,4)5;;/h9-10,14H,1-8H3;2*1H3/q;2*-1. The summed E-state index contributed by atoms with van der Waals surface area (Å²) in [6.45, 7) is 16.4. The largest absolute Gasteiger partial charge is 0.358 e. The monoisotopic (exact) mass is 243 g/mol. The number of Topliss-reactive ketones (excluding diaryl/α,β-unsaturated/α-hetero) is 1. The van der Waals surface area contributed by atoms with E-state index in [9.17, 15) is 4.79 Å². The molecular weight excluding hydrogens is 210 g/mol. The van der Waals surface area contributed by atoms with Crippen molar-refractivity contribution >= 4 is 5.78 Å². The van der Waals surface area contributed by atoms with Crippen LogP contribution in [0.5, 0.6) is 0 Å². The zero-order chi connectivity index (χ0) is 12.4. The molecule has 0 radical (unpaired) electrons. The fourth-order valence-electron chi connectivity index (χ4n) is 1.47. The molecule has 0 spiro atoms. The second-order valence-corrected chi connectivity index (χ2v) is 6.73. The zero-order valence-electron chi connectivity index (χ0n) is 13.6. The molecule has 0 aromatic rings. The lowest BCUT2D eigenvalue weighted by Gasteiger charge is -2.34. The summed E-state index contributed by atoms with van der Waals surface area (Å²) in [5.41, 5.74) is -0.289. The van der Waals surface area contributed by atoms with E-state index in [-0.39, 0.29) is 31.8 Å². The van der Waals surface area contributed by atoms with Gasteiger partial charge in [-0.15, -0.1) is 0 Å². The van der Waals surface area contributed by atoms with E-state index in [1.165, 1.54) is 0 Å². The third-order valence-electron chi connectivity index (χ3n) is 2.28. The highest BCUT2D eigenvalue weighted by Gasteiger charge is 2.33. The molecule has 106 valence electrons. The van der Waals surface area contributed by atoms with E-state index in [1.807, 2.05) is 20.8 Å². The Morgan fingerprint density at radius 2 is 1.29 bits per heavy atom. The highest BCUT2D eigenvalue weighted by Crippen LogP contribution is 2.21. The number of hydrogen-bond donors (Lipinski definition) is 1. The van der Waals surface area contributed by atoms with Crippen LogP contribution in [0.15, 0.2) is 0 Å². The topological polar surface area (TPSA) is 29.1 Å². The first-order valence-electron chi connectivity index (χ1n) is 5.77. The van der Waals surface area contributed by atoms with Gasteiger partial charge in [-0.2, -0.15) is 0 Å². The molecule has 0 aliphatic rings. The Morgan fingerprint density at radius 1 is 0.941 bits per heavy atom. The third kappa shape index (κ3) is 8.37. The van der Waals surface area contributed by atoms with E-state index in [0.717, 1.165) is 0 Å². The molecule has 1 N–H and O–H groups in total.